The van der Waals surface area contributed by atoms with E-state index in [0.29, 0.717) is 12.6 Å². The maximum Gasteiger partial charge on any atom is 0.236 e. The van der Waals surface area contributed by atoms with E-state index in [1.165, 1.54) is 12.8 Å². The van der Waals surface area contributed by atoms with Gasteiger partial charge in [0.25, 0.3) is 0 Å². The highest BCUT2D eigenvalue weighted by atomic mass is 16.5. The van der Waals surface area contributed by atoms with Crippen LogP contribution in [0, 0.1) is 0 Å². The molecule has 86 valence electrons. The van der Waals surface area contributed by atoms with Crippen LogP contribution in [0.2, 0.25) is 0 Å². The third-order valence-corrected chi connectivity index (χ3v) is 3.14. The van der Waals surface area contributed by atoms with E-state index < -0.39 is 0 Å². The van der Waals surface area contributed by atoms with E-state index in [0.717, 1.165) is 39.1 Å². The molecule has 0 aliphatic carbocycles. The van der Waals surface area contributed by atoms with Gasteiger partial charge in [-0.3, -0.25) is 4.79 Å². The fourth-order valence-electron chi connectivity index (χ4n) is 2.02. The van der Waals surface area contributed by atoms with Gasteiger partial charge in [-0.15, -0.1) is 0 Å². The summed E-state index contributed by atoms with van der Waals surface area (Å²) in [6, 6.07) is 0.404. The van der Waals surface area contributed by atoms with Crippen LogP contribution < -0.4 is 5.32 Å². The highest BCUT2D eigenvalue weighted by Gasteiger charge is 2.20. The molecular formula is C11H20N2O2. The first-order valence-electron chi connectivity index (χ1n) is 5.95. The summed E-state index contributed by atoms with van der Waals surface area (Å²) >= 11 is 0. The van der Waals surface area contributed by atoms with Gasteiger partial charge in [0.1, 0.15) is 0 Å². The molecule has 2 aliphatic heterocycles. The van der Waals surface area contributed by atoms with Crippen molar-refractivity contribution in [1.82, 2.24) is 10.2 Å². The number of hydrogen-bond acceptors (Lipinski definition) is 3. The Hall–Kier alpha value is -0.610. The lowest BCUT2D eigenvalue weighted by Gasteiger charge is -2.28. The van der Waals surface area contributed by atoms with Crippen molar-refractivity contribution in [1.29, 1.82) is 0 Å². The van der Waals surface area contributed by atoms with Crippen LogP contribution in [0.25, 0.3) is 0 Å². The van der Waals surface area contributed by atoms with Crippen LogP contribution in [0.4, 0.5) is 0 Å². The number of carbonyl (C=O) groups excluding carboxylic acids is 1. The first-order valence-corrected chi connectivity index (χ1v) is 5.95. The van der Waals surface area contributed by atoms with E-state index >= 15 is 0 Å². The summed E-state index contributed by atoms with van der Waals surface area (Å²) in [7, 11) is 0. The lowest BCUT2D eigenvalue weighted by molar-refractivity contribution is -0.130. The Morgan fingerprint density at radius 2 is 1.87 bits per heavy atom. The molecule has 2 fully saturated rings. The zero-order chi connectivity index (χ0) is 10.5. The van der Waals surface area contributed by atoms with Gasteiger partial charge in [0.05, 0.1) is 25.8 Å². The van der Waals surface area contributed by atoms with Crippen molar-refractivity contribution in [3.63, 3.8) is 0 Å². The van der Waals surface area contributed by atoms with Crippen molar-refractivity contribution in [3.8, 4) is 0 Å². The number of likely N-dealkylation sites (tertiary alicyclic amines) is 1. The normalized spacial score (nSPS) is 23.3. The Morgan fingerprint density at radius 1 is 1.20 bits per heavy atom. The molecule has 1 N–H and O–H groups in total. The fourth-order valence-corrected chi connectivity index (χ4v) is 2.02. The van der Waals surface area contributed by atoms with E-state index in [4.69, 9.17) is 4.74 Å². The molecule has 4 heteroatoms. The van der Waals surface area contributed by atoms with Crippen LogP contribution in [0.3, 0.4) is 0 Å². The van der Waals surface area contributed by atoms with Crippen LogP contribution in [-0.2, 0) is 9.53 Å². The number of ether oxygens (including phenoxy) is 1. The molecular weight excluding hydrogens is 192 g/mol. The SMILES string of the molecule is O=C(CNC1COC1)N1CCCCCC1. The monoisotopic (exact) mass is 212 g/mol. The van der Waals surface area contributed by atoms with Crippen LogP contribution in [-0.4, -0.2) is 49.7 Å². The molecule has 0 unspecified atom stereocenters. The molecule has 2 aliphatic rings. The summed E-state index contributed by atoms with van der Waals surface area (Å²) in [6.45, 7) is 3.89. The third kappa shape index (κ3) is 3.18. The minimum absolute atomic E-state index is 0.254. The second kappa shape index (κ2) is 5.47. The quantitative estimate of drug-likeness (QED) is 0.735. The molecule has 1 amide bonds. The lowest BCUT2D eigenvalue weighted by Crippen LogP contribution is -2.50. The van der Waals surface area contributed by atoms with E-state index in [1.807, 2.05) is 4.90 Å². The average Bonchev–Trinajstić information content (AvgIpc) is 2.43. The van der Waals surface area contributed by atoms with E-state index in [9.17, 15) is 4.79 Å². The van der Waals surface area contributed by atoms with Crippen molar-refractivity contribution >= 4 is 5.91 Å². The first-order chi connectivity index (χ1) is 7.36. The number of rotatable bonds is 3. The Labute approximate surface area is 91.0 Å². The van der Waals surface area contributed by atoms with E-state index in [2.05, 4.69) is 5.32 Å². The van der Waals surface area contributed by atoms with Gasteiger partial charge in [0, 0.05) is 13.1 Å². The molecule has 0 aromatic heterocycles. The Morgan fingerprint density at radius 3 is 2.40 bits per heavy atom. The highest BCUT2D eigenvalue weighted by Crippen LogP contribution is 2.09. The Balaban J connectivity index is 1.68. The standard InChI is InChI=1S/C11H20N2O2/c14-11(7-12-10-8-15-9-10)13-5-3-1-2-4-6-13/h10,12H,1-9H2. The molecule has 0 atom stereocenters. The predicted molar refractivity (Wildman–Crippen MR) is 57.7 cm³/mol. The van der Waals surface area contributed by atoms with Gasteiger partial charge >= 0.3 is 0 Å². The second-order valence-corrected chi connectivity index (χ2v) is 4.41. The van der Waals surface area contributed by atoms with Gasteiger partial charge in [0.2, 0.25) is 5.91 Å². The van der Waals surface area contributed by atoms with E-state index in [-0.39, 0.29) is 5.91 Å². The fraction of sp³-hybridized carbons (Fsp3) is 0.909. The predicted octanol–water partition coefficient (Wildman–Crippen LogP) is 0.377. The second-order valence-electron chi connectivity index (χ2n) is 4.41. The smallest absolute Gasteiger partial charge is 0.236 e. The minimum atomic E-state index is 0.254. The van der Waals surface area contributed by atoms with Gasteiger partial charge in [-0.05, 0) is 12.8 Å². The number of amides is 1. The summed E-state index contributed by atoms with van der Waals surface area (Å²) in [6.07, 6.45) is 4.87. The van der Waals surface area contributed by atoms with Crippen LogP contribution >= 0.6 is 0 Å². The first kappa shape index (κ1) is 10.9. The Bertz CT molecular complexity index is 209. The average molecular weight is 212 g/mol. The van der Waals surface area contributed by atoms with Crippen molar-refractivity contribution in [3.05, 3.63) is 0 Å². The van der Waals surface area contributed by atoms with Crippen molar-refractivity contribution < 1.29 is 9.53 Å². The van der Waals surface area contributed by atoms with Gasteiger partial charge < -0.3 is 15.0 Å². The maximum atomic E-state index is 11.8. The van der Waals surface area contributed by atoms with Gasteiger partial charge in [-0.2, -0.15) is 0 Å². The summed E-state index contributed by atoms with van der Waals surface area (Å²) in [5, 5.41) is 3.22. The molecule has 0 aromatic carbocycles. The summed E-state index contributed by atoms with van der Waals surface area (Å²) in [5.74, 6) is 0.254. The molecule has 2 rings (SSSR count). The third-order valence-electron chi connectivity index (χ3n) is 3.14. The maximum absolute atomic E-state index is 11.8. The zero-order valence-corrected chi connectivity index (χ0v) is 9.21. The van der Waals surface area contributed by atoms with Crippen LogP contribution in [0.1, 0.15) is 25.7 Å². The van der Waals surface area contributed by atoms with Crippen LogP contribution in [0.15, 0.2) is 0 Å². The van der Waals surface area contributed by atoms with Crippen molar-refractivity contribution in [2.24, 2.45) is 0 Å². The highest BCUT2D eigenvalue weighted by molar-refractivity contribution is 5.78. The molecule has 2 heterocycles. The summed E-state index contributed by atoms with van der Waals surface area (Å²) in [4.78, 5) is 13.8. The molecule has 0 aromatic rings. The zero-order valence-electron chi connectivity index (χ0n) is 9.21. The molecule has 0 radical (unpaired) electrons. The largest absolute Gasteiger partial charge is 0.378 e. The number of nitrogens with zero attached hydrogens (tertiary/aromatic N) is 1. The number of hydrogen-bond donors (Lipinski definition) is 1. The summed E-state index contributed by atoms with van der Waals surface area (Å²) < 4.78 is 5.05. The van der Waals surface area contributed by atoms with Gasteiger partial charge in [-0.1, -0.05) is 12.8 Å². The topological polar surface area (TPSA) is 41.6 Å². The number of carbonyl (C=O) groups is 1. The van der Waals surface area contributed by atoms with Gasteiger partial charge in [0.15, 0.2) is 0 Å². The Kier molecular flexibility index (Phi) is 3.97. The summed E-state index contributed by atoms with van der Waals surface area (Å²) in [5.41, 5.74) is 0. The lowest BCUT2D eigenvalue weighted by atomic mass is 10.2. The molecule has 0 bridgehead atoms. The van der Waals surface area contributed by atoms with Crippen LogP contribution in [0.5, 0.6) is 0 Å². The van der Waals surface area contributed by atoms with Gasteiger partial charge in [-0.25, -0.2) is 0 Å². The van der Waals surface area contributed by atoms with E-state index in [1.54, 1.807) is 0 Å². The molecule has 4 nitrogen and oxygen atoms in total. The number of nitrogens with one attached hydrogen (secondary N) is 1. The molecule has 2 saturated heterocycles. The minimum Gasteiger partial charge on any atom is -0.378 e. The molecule has 0 saturated carbocycles. The van der Waals surface area contributed by atoms with Crippen molar-refractivity contribution in [2.45, 2.75) is 31.7 Å². The molecule has 0 spiro atoms. The molecule has 15 heavy (non-hydrogen) atoms. The van der Waals surface area contributed by atoms with Crippen molar-refractivity contribution in [2.75, 3.05) is 32.8 Å².